The lowest BCUT2D eigenvalue weighted by Gasteiger charge is -2.32. The normalized spacial score (nSPS) is 11.3. The number of amides is 4. The Balaban J connectivity index is 1.76. The molecule has 0 saturated carbocycles. The molecule has 0 aliphatic carbocycles. The lowest BCUT2D eigenvalue weighted by molar-refractivity contribution is -0.141. The molecule has 44 heavy (non-hydrogen) atoms. The van der Waals surface area contributed by atoms with E-state index in [9.17, 15) is 19.2 Å². The van der Waals surface area contributed by atoms with Gasteiger partial charge in [-0.15, -0.1) is 0 Å². The number of nitrogens with zero attached hydrogens (tertiary/aromatic N) is 2. The Bertz CT molecular complexity index is 1380. The van der Waals surface area contributed by atoms with Crippen LogP contribution in [0.5, 0.6) is 0 Å². The Morgan fingerprint density at radius 3 is 1.89 bits per heavy atom. The van der Waals surface area contributed by atoms with E-state index in [-0.39, 0.29) is 18.3 Å². The summed E-state index contributed by atoms with van der Waals surface area (Å²) < 4.78 is 0. The fourth-order valence-corrected chi connectivity index (χ4v) is 4.84. The number of aliphatic carboxylic acids is 1. The topological polar surface area (TPSA) is 195 Å². The summed E-state index contributed by atoms with van der Waals surface area (Å²) in [4.78, 5) is 52.4. The zero-order valence-corrected chi connectivity index (χ0v) is 24.6. The van der Waals surface area contributed by atoms with E-state index < -0.39 is 36.4 Å². The van der Waals surface area contributed by atoms with Crippen LogP contribution in [0.1, 0.15) is 41.0 Å². The van der Waals surface area contributed by atoms with Gasteiger partial charge in [-0.25, -0.2) is 4.79 Å². The Hall–Kier alpha value is -5.39. The van der Waals surface area contributed by atoms with Gasteiger partial charge >= 0.3 is 12.0 Å². The van der Waals surface area contributed by atoms with Crippen LogP contribution >= 0.6 is 0 Å². The molecule has 3 aromatic rings. The van der Waals surface area contributed by atoms with E-state index in [1.807, 2.05) is 84.9 Å². The van der Waals surface area contributed by atoms with Crippen molar-refractivity contribution in [3.8, 4) is 0 Å². The number of carbonyl (C=O) groups is 4. The van der Waals surface area contributed by atoms with Crippen LogP contribution in [0.4, 0.5) is 4.79 Å². The van der Waals surface area contributed by atoms with Gasteiger partial charge in [-0.1, -0.05) is 84.9 Å². The minimum Gasteiger partial charge on any atom is -0.480 e. The molecule has 3 rings (SSSR count). The molecule has 0 radical (unpaired) electrons. The second kappa shape index (κ2) is 16.3. The number of urea groups is 1. The second-order valence-corrected chi connectivity index (χ2v) is 10.3. The summed E-state index contributed by atoms with van der Waals surface area (Å²) in [6.45, 7) is 0.348. The molecule has 12 nitrogen and oxygen atoms in total. The summed E-state index contributed by atoms with van der Waals surface area (Å²) in [6.07, 6.45) is 0.579. The lowest BCUT2D eigenvalue weighted by Crippen LogP contribution is -2.50. The zero-order chi connectivity index (χ0) is 32.1. The molecule has 8 N–H and O–H groups in total. The highest BCUT2D eigenvalue weighted by molar-refractivity contribution is 5.93. The number of nitrogens with two attached hydrogens (primary N) is 2. The van der Waals surface area contributed by atoms with Gasteiger partial charge in [0.25, 0.3) is 0 Å². The standard InChI is InChI=1S/C32H39N7O5/c1-38(30(43)28(24-9-4-2-5-10-24)25-11-6-3-7-12-25)26(29(42)36-20-27(40)41)13-8-18-39(31(33)34)21-23-16-14-22(15-17-23)19-37-32(35)44/h2-7,9-12,14-17,26,28H,8,13,18-21H2,1H3,(H3,33,34)(H,36,42)(H,40,41)(H3,35,37,44)/t26-/m1/s1. The highest BCUT2D eigenvalue weighted by Gasteiger charge is 2.33. The van der Waals surface area contributed by atoms with E-state index in [1.165, 1.54) is 4.90 Å². The monoisotopic (exact) mass is 601 g/mol. The van der Waals surface area contributed by atoms with Crippen molar-refractivity contribution in [1.82, 2.24) is 20.4 Å². The first-order valence-electron chi connectivity index (χ1n) is 14.1. The number of hydrogen-bond donors (Lipinski definition) is 6. The van der Waals surface area contributed by atoms with E-state index in [1.54, 1.807) is 11.9 Å². The molecule has 0 aliphatic rings. The summed E-state index contributed by atoms with van der Waals surface area (Å²) in [5, 5.41) is 22.1. The maximum atomic E-state index is 14.0. The van der Waals surface area contributed by atoms with Crippen LogP contribution in [0.3, 0.4) is 0 Å². The molecule has 4 amide bonds. The van der Waals surface area contributed by atoms with E-state index in [2.05, 4.69) is 10.6 Å². The number of rotatable bonds is 15. The number of carboxylic acids is 1. The molecule has 0 unspecified atom stereocenters. The van der Waals surface area contributed by atoms with Gasteiger partial charge in [0.1, 0.15) is 12.6 Å². The molecule has 0 fully saturated rings. The molecule has 0 aliphatic heterocycles. The number of carbonyl (C=O) groups excluding carboxylic acids is 3. The molecule has 0 aromatic heterocycles. The van der Waals surface area contributed by atoms with Crippen molar-refractivity contribution < 1.29 is 24.3 Å². The molecule has 0 heterocycles. The van der Waals surface area contributed by atoms with Gasteiger partial charge < -0.3 is 37.0 Å². The number of likely N-dealkylation sites (N-methyl/N-ethyl adjacent to an activating group) is 1. The molecular formula is C32H39N7O5. The van der Waals surface area contributed by atoms with Crippen LogP contribution in [0.15, 0.2) is 84.9 Å². The summed E-state index contributed by atoms with van der Waals surface area (Å²) in [5.74, 6) is -2.93. The van der Waals surface area contributed by atoms with Crippen molar-refractivity contribution in [3.05, 3.63) is 107 Å². The number of carboxylic acid groups (broad SMARTS) is 1. The van der Waals surface area contributed by atoms with Crippen LogP contribution < -0.4 is 22.1 Å². The number of primary amides is 1. The number of guanidine groups is 1. The van der Waals surface area contributed by atoms with Crippen LogP contribution in [-0.2, 0) is 27.5 Å². The molecule has 0 spiro atoms. The molecule has 12 heteroatoms. The molecule has 232 valence electrons. The Morgan fingerprint density at radius 2 is 1.39 bits per heavy atom. The summed E-state index contributed by atoms with van der Waals surface area (Å²) in [6, 6.07) is 24.3. The van der Waals surface area contributed by atoms with Gasteiger partial charge in [-0.05, 0) is 35.1 Å². The van der Waals surface area contributed by atoms with Crippen molar-refractivity contribution in [2.24, 2.45) is 11.5 Å². The maximum absolute atomic E-state index is 14.0. The van der Waals surface area contributed by atoms with Crippen LogP contribution in [0, 0.1) is 5.41 Å². The van der Waals surface area contributed by atoms with Gasteiger partial charge in [0.15, 0.2) is 5.96 Å². The van der Waals surface area contributed by atoms with E-state index in [0.717, 1.165) is 22.3 Å². The Labute approximate surface area is 256 Å². The second-order valence-electron chi connectivity index (χ2n) is 10.3. The fourth-order valence-electron chi connectivity index (χ4n) is 4.84. The third kappa shape index (κ3) is 9.86. The summed E-state index contributed by atoms with van der Waals surface area (Å²) in [7, 11) is 1.55. The van der Waals surface area contributed by atoms with Crippen LogP contribution in [0.2, 0.25) is 0 Å². The third-order valence-electron chi connectivity index (χ3n) is 7.15. The van der Waals surface area contributed by atoms with Crippen molar-refractivity contribution in [1.29, 1.82) is 5.41 Å². The average Bonchev–Trinajstić information content (AvgIpc) is 3.01. The SMILES string of the molecule is CN(C(=O)C(c1ccccc1)c1ccccc1)[C@H](CCCN(Cc1ccc(CNC(N)=O)cc1)C(=N)N)C(=O)NCC(=O)O. The Kier molecular flexibility index (Phi) is 12.3. The van der Waals surface area contributed by atoms with Crippen LogP contribution in [-0.4, -0.2) is 70.9 Å². The molecule has 1 atom stereocenters. The fraction of sp³-hybridized carbons (Fsp3) is 0.281. The predicted molar refractivity (Wildman–Crippen MR) is 166 cm³/mol. The van der Waals surface area contributed by atoms with Gasteiger partial charge in [0, 0.05) is 26.7 Å². The highest BCUT2D eigenvalue weighted by atomic mass is 16.4. The van der Waals surface area contributed by atoms with Crippen molar-refractivity contribution in [2.75, 3.05) is 20.1 Å². The highest BCUT2D eigenvalue weighted by Crippen LogP contribution is 2.28. The van der Waals surface area contributed by atoms with Crippen molar-refractivity contribution in [3.63, 3.8) is 0 Å². The molecule has 0 bridgehead atoms. The maximum Gasteiger partial charge on any atom is 0.322 e. The zero-order valence-electron chi connectivity index (χ0n) is 24.6. The van der Waals surface area contributed by atoms with Crippen LogP contribution in [0.25, 0.3) is 0 Å². The van der Waals surface area contributed by atoms with E-state index in [4.69, 9.17) is 22.0 Å². The summed E-state index contributed by atoms with van der Waals surface area (Å²) >= 11 is 0. The van der Waals surface area contributed by atoms with E-state index in [0.29, 0.717) is 26.1 Å². The molecular weight excluding hydrogens is 562 g/mol. The smallest absolute Gasteiger partial charge is 0.322 e. The molecule has 0 saturated heterocycles. The van der Waals surface area contributed by atoms with Crippen molar-refractivity contribution >= 4 is 29.8 Å². The largest absolute Gasteiger partial charge is 0.480 e. The molecule has 3 aromatic carbocycles. The van der Waals surface area contributed by atoms with Gasteiger partial charge in [0.2, 0.25) is 11.8 Å². The summed E-state index contributed by atoms with van der Waals surface area (Å²) in [5.41, 5.74) is 14.2. The van der Waals surface area contributed by atoms with Gasteiger partial charge in [0.05, 0.1) is 5.92 Å². The minimum absolute atomic E-state index is 0.158. The quantitative estimate of drug-likeness (QED) is 0.113. The number of hydrogen-bond acceptors (Lipinski definition) is 5. The van der Waals surface area contributed by atoms with Gasteiger partial charge in [-0.2, -0.15) is 0 Å². The first kappa shape index (κ1) is 33.1. The minimum atomic E-state index is -1.20. The first-order valence-corrected chi connectivity index (χ1v) is 14.1. The van der Waals surface area contributed by atoms with Crippen molar-refractivity contribution in [2.45, 2.75) is 37.9 Å². The van der Waals surface area contributed by atoms with E-state index >= 15 is 0 Å². The third-order valence-corrected chi connectivity index (χ3v) is 7.15. The van der Waals surface area contributed by atoms with Gasteiger partial charge in [-0.3, -0.25) is 19.8 Å². The average molecular weight is 602 g/mol. The predicted octanol–water partition coefficient (Wildman–Crippen LogP) is 2.19. The first-order chi connectivity index (χ1) is 21.1. The number of nitrogens with one attached hydrogen (secondary N) is 3. The Morgan fingerprint density at radius 1 is 0.841 bits per heavy atom. The lowest BCUT2D eigenvalue weighted by atomic mass is 9.89. The number of benzene rings is 3.